The lowest BCUT2D eigenvalue weighted by molar-refractivity contribution is 0.198. The fourth-order valence-corrected chi connectivity index (χ4v) is 4.33. The fraction of sp³-hybridized carbons (Fsp3) is 0.696. The number of halogens is 1. The number of aliphatic imine (C=N–C) groups is 1. The van der Waals surface area contributed by atoms with Crippen LogP contribution in [0, 0.1) is 5.92 Å². The van der Waals surface area contributed by atoms with Crippen LogP contribution in [0.1, 0.15) is 52.0 Å². The quantitative estimate of drug-likeness (QED) is 0.317. The zero-order valence-electron chi connectivity index (χ0n) is 19.1. The van der Waals surface area contributed by atoms with Crippen molar-refractivity contribution in [2.24, 2.45) is 10.9 Å². The van der Waals surface area contributed by atoms with Gasteiger partial charge in [-0.15, -0.1) is 24.0 Å². The number of guanidine groups is 1. The normalized spacial score (nSPS) is 22.8. The van der Waals surface area contributed by atoms with Crippen LogP contribution in [0.2, 0.25) is 0 Å². The molecule has 1 aliphatic carbocycles. The summed E-state index contributed by atoms with van der Waals surface area (Å²) >= 11 is 0. The Morgan fingerprint density at radius 3 is 2.57 bits per heavy atom. The van der Waals surface area contributed by atoms with Gasteiger partial charge in [-0.1, -0.05) is 19.1 Å². The summed E-state index contributed by atoms with van der Waals surface area (Å²) in [7, 11) is 3.53. The summed E-state index contributed by atoms with van der Waals surface area (Å²) in [6.07, 6.45) is 5.04. The number of hydrogen-bond acceptors (Lipinski definition) is 4. The number of methoxy groups -OCH3 is 1. The molecule has 6 nitrogen and oxygen atoms in total. The van der Waals surface area contributed by atoms with E-state index in [1.165, 1.54) is 12.8 Å². The number of ether oxygens (including phenoxy) is 2. The first-order valence-electron chi connectivity index (χ1n) is 11.1. The molecule has 2 fully saturated rings. The van der Waals surface area contributed by atoms with Crippen LogP contribution in [0.3, 0.4) is 0 Å². The molecule has 0 bridgehead atoms. The van der Waals surface area contributed by atoms with Gasteiger partial charge in [0.05, 0.1) is 13.2 Å². The van der Waals surface area contributed by atoms with E-state index in [4.69, 9.17) is 9.47 Å². The molecule has 0 aromatic heterocycles. The van der Waals surface area contributed by atoms with Crippen LogP contribution in [-0.4, -0.2) is 56.3 Å². The van der Waals surface area contributed by atoms with Gasteiger partial charge in [0.2, 0.25) is 0 Å². The van der Waals surface area contributed by atoms with Gasteiger partial charge in [0.1, 0.15) is 0 Å². The highest BCUT2D eigenvalue weighted by Gasteiger charge is 2.31. The maximum absolute atomic E-state index is 6.35. The third kappa shape index (κ3) is 6.39. The number of benzene rings is 1. The molecule has 2 aliphatic rings. The summed E-state index contributed by atoms with van der Waals surface area (Å²) < 4.78 is 11.9. The molecular formula is C23H39IN4O2. The van der Waals surface area contributed by atoms with Gasteiger partial charge in [0, 0.05) is 44.3 Å². The van der Waals surface area contributed by atoms with E-state index in [1.807, 2.05) is 19.2 Å². The molecule has 1 saturated heterocycles. The number of nitrogens with zero attached hydrogens (tertiary/aromatic N) is 2. The van der Waals surface area contributed by atoms with Crippen molar-refractivity contribution in [2.75, 3.05) is 27.2 Å². The maximum Gasteiger partial charge on any atom is 0.191 e. The Hall–Kier alpha value is -1.22. The Balaban J connectivity index is 0.00000320. The highest BCUT2D eigenvalue weighted by molar-refractivity contribution is 14.0. The van der Waals surface area contributed by atoms with E-state index in [-0.39, 0.29) is 24.0 Å². The smallest absolute Gasteiger partial charge is 0.191 e. The first-order chi connectivity index (χ1) is 14.0. The van der Waals surface area contributed by atoms with Crippen molar-refractivity contribution in [3.8, 4) is 11.5 Å². The van der Waals surface area contributed by atoms with Crippen LogP contribution < -0.4 is 20.1 Å². The molecule has 7 heteroatoms. The van der Waals surface area contributed by atoms with Crippen LogP contribution in [0.25, 0.3) is 0 Å². The number of hydrogen-bond donors (Lipinski definition) is 2. The first kappa shape index (κ1) is 25.0. The second kappa shape index (κ2) is 12.0. The summed E-state index contributed by atoms with van der Waals surface area (Å²) in [4.78, 5) is 6.97. The lowest BCUT2D eigenvalue weighted by Gasteiger charge is -2.23. The van der Waals surface area contributed by atoms with E-state index in [9.17, 15) is 0 Å². The number of para-hydroxylation sites is 1. The van der Waals surface area contributed by atoms with Crippen LogP contribution in [0.5, 0.6) is 11.5 Å². The summed E-state index contributed by atoms with van der Waals surface area (Å²) in [5, 5.41) is 7.10. The summed E-state index contributed by atoms with van der Waals surface area (Å²) in [6, 6.07) is 7.08. The standard InChI is InChI=1S/C23H38N4O2.HI/c1-16(2)27-14-17(3)20(15-27)26-23(24-4)25-13-18-9-8-12-21(28-5)22(18)29-19-10-6-7-11-19;/h8-9,12,16-17,19-20H,6-7,10-11,13-15H2,1-5H3,(H2,24,25,26);1H. The van der Waals surface area contributed by atoms with Crippen molar-refractivity contribution in [3.05, 3.63) is 23.8 Å². The van der Waals surface area contributed by atoms with Gasteiger partial charge < -0.3 is 20.1 Å². The Morgan fingerprint density at radius 2 is 1.97 bits per heavy atom. The van der Waals surface area contributed by atoms with E-state index >= 15 is 0 Å². The monoisotopic (exact) mass is 530 g/mol. The van der Waals surface area contributed by atoms with E-state index < -0.39 is 0 Å². The topological polar surface area (TPSA) is 58.1 Å². The Kier molecular flexibility index (Phi) is 10.0. The average Bonchev–Trinajstić information content (AvgIpc) is 3.35. The molecule has 170 valence electrons. The molecule has 1 aromatic carbocycles. The van der Waals surface area contributed by atoms with Gasteiger partial charge in [-0.05, 0) is 51.5 Å². The van der Waals surface area contributed by atoms with Gasteiger partial charge in [-0.2, -0.15) is 0 Å². The Bertz CT molecular complexity index is 692. The third-order valence-electron chi connectivity index (χ3n) is 6.23. The number of nitrogens with one attached hydrogen (secondary N) is 2. The van der Waals surface area contributed by atoms with Crippen molar-refractivity contribution in [2.45, 2.75) is 71.2 Å². The van der Waals surface area contributed by atoms with Gasteiger partial charge in [0.15, 0.2) is 17.5 Å². The molecule has 0 spiro atoms. The lowest BCUT2D eigenvalue weighted by atomic mass is 10.1. The second-order valence-corrected chi connectivity index (χ2v) is 8.67. The largest absolute Gasteiger partial charge is 0.493 e. The molecule has 2 N–H and O–H groups in total. The van der Waals surface area contributed by atoms with Gasteiger partial charge in [-0.25, -0.2) is 0 Å². The summed E-state index contributed by atoms with van der Waals surface area (Å²) in [5.41, 5.74) is 1.10. The van der Waals surface area contributed by atoms with Gasteiger partial charge >= 0.3 is 0 Å². The lowest BCUT2D eigenvalue weighted by Crippen LogP contribution is -2.46. The minimum atomic E-state index is 0. The van der Waals surface area contributed by atoms with Crippen LogP contribution >= 0.6 is 24.0 Å². The van der Waals surface area contributed by atoms with Crippen molar-refractivity contribution in [1.29, 1.82) is 0 Å². The predicted octanol–water partition coefficient (Wildman–Crippen LogP) is 4.03. The van der Waals surface area contributed by atoms with E-state index in [2.05, 4.69) is 47.4 Å². The molecule has 1 aliphatic heterocycles. The third-order valence-corrected chi connectivity index (χ3v) is 6.23. The minimum absolute atomic E-state index is 0. The molecule has 30 heavy (non-hydrogen) atoms. The Morgan fingerprint density at radius 1 is 1.23 bits per heavy atom. The predicted molar refractivity (Wildman–Crippen MR) is 134 cm³/mol. The fourth-order valence-electron chi connectivity index (χ4n) is 4.33. The number of rotatable bonds is 7. The molecule has 1 saturated carbocycles. The molecule has 1 aromatic rings. The first-order valence-corrected chi connectivity index (χ1v) is 11.1. The maximum atomic E-state index is 6.35. The Labute approximate surface area is 199 Å². The molecule has 2 unspecified atom stereocenters. The SMILES string of the molecule is CN=C(NCc1cccc(OC)c1OC1CCCC1)NC1CN(C(C)C)CC1C.I. The van der Waals surface area contributed by atoms with E-state index in [1.54, 1.807) is 7.11 Å². The molecule has 2 atom stereocenters. The molecule has 0 amide bonds. The zero-order chi connectivity index (χ0) is 20.8. The highest BCUT2D eigenvalue weighted by Crippen LogP contribution is 2.34. The molecule has 3 rings (SSSR count). The molecule has 1 heterocycles. The number of likely N-dealkylation sites (tertiary alicyclic amines) is 1. The van der Waals surface area contributed by atoms with Gasteiger partial charge in [0.25, 0.3) is 0 Å². The summed E-state index contributed by atoms with van der Waals surface area (Å²) in [5.74, 6) is 3.09. The van der Waals surface area contributed by atoms with E-state index in [0.29, 0.717) is 30.7 Å². The second-order valence-electron chi connectivity index (χ2n) is 8.67. The van der Waals surface area contributed by atoms with Crippen molar-refractivity contribution >= 4 is 29.9 Å². The van der Waals surface area contributed by atoms with E-state index in [0.717, 1.165) is 49.0 Å². The van der Waals surface area contributed by atoms with Crippen LogP contribution in [-0.2, 0) is 6.54 Å². The summed E-state index contributed by atoms with van der Waals surface area (Å²) in [6.45, 7) is 9.65. The highest BCUT2D eigenvalue weighted by atomic mass is 127. The van der Waals surface area contributed by atoms with Crippen molar-refractivity contribution in [1.82, 2.24) is 15.5 Å². The van der Waals surface area contributed by atoms with Gasteiger partial charge in [-0.3, -0.25) is 9.89 Å². The zero-order valence-corrected chi connectivity index (χ0v) is 21.4. The van der Waals surface area contributed by atoms with Crippen molar-refractivity contribution < 1.29 is 9.47 Å². The molecule has 0 radical (unpaired) electrons. The van der Waals surface area contributed by atoms with Crippen LogP contribution in [0.15, 0.2) is 23.2 Å². The van der Waals surface area contributed by atoms with Crippen LogP contribution in [0.4, 0.5) is 0 Å². The minimum Gasteiger partial charge on any atom is -0.493 e. The average molecular weight is 530 g/mol. The van der Waals surface area contributed by atoms with Crippen molar-refractivity contribution in [3.63, 3.8) is 0 Å². The molecular weight excluding hydrogens is 491 g/mol.